The van der Waals surface area contributed by atoms with Crippen LogP contribution in [0.15, 0.2) is 0 Å². The first-order valence-electron chi connectivity index (χ1n) is 5.64. The monoisotopic (exact) mass is 213 g/mol. The summed E-state index contributed by atoms with van der Waals surface area (Å²) in [6.07, 6.45) is 4.52. The molecule has 0 spiro atoms. The molecule has 0 aromatic carbocycles. The van der Waals surface area contributed by atoms with Gasteiger partial charge < -0.3 is 10.4 Å². The Bertz CT molecular complexity index is 236. The summed E-state index contributed by atoms with van der Waals surface area (Å²) in [5.74, 6) is -0.440. The highest BCUT2D eigenvalue weighted by atomic mass is 16.4. The number of hydrogen-bond donors (Lipinski definition) is 2. The summed E-state index contributed by atoms with van der Waals surface area (Å²) >= 11 is 0. The Hall–Kier alpha value is -1.06. The molecule has 0 radical (unpaired) electrons. The van der Waals surface area contributed by atoms with E-state index in [1.807, 2.05) is 6.92 Å². The second-order valence-electron chi connectivity index (χ2n) is 4.21. The fourth-order valence-corrected chi connectivity index (χ4v) is 1.64. The Balaban J connectivity index is 2.30. The number of rotatable bonds is 7. The highest BCUT2D eigenvalue weighted by Gasteiger charge is 2.33. The Morgan fingerprint density at radius 1 is 1.47 bits per heavy atom. The van der Waals surface area contributed by atoms with Crippen LogP contribution in [0.1, 0.15) is 45.4 Å². The molecule has 1 amide bonds. The zero-order valence-corrected chi connectivity index (χ0v) is 9.16. The van der Waals surface area contributed by atoms with Crippen LogP contribution in [-0.4, -0.2) is 23.0 Å². The van der Waals surface area contributed by atoms with Gasteiger partial charge in [0.1, 0.15) is 0 Å². The van der Waals surface area contributed by atoms with Crippen LogP contribution in [0.3, 0.4) is 0 Å². The molecule has 0 saturated heterocycles. The van der Waals surface area contributed by atoms with Crippen LogP contribution in [0.4, 0.5) is 0 Å². The van der Waals surface area contributed by atoms with Gasteiger partial charge in [-0.25, -0.2) is 0 Å². The fraction of sp³-hybridized carbons (Fsp3) is 0.818. The van der Waals surface area contributed by atoms with Crippen LogP contribution in [0.5, 0.6) is 0 Å². The van der Waals surface area contributed by atoms with Crippen LogP contribution in [0.2, 0.25) is 0 Å². The van der Waals surface area contributed by atoms with Gasteiger partial charge in [-0.2, -0.15) is 0 Å². The number of carboxylic acids is 1. The van der Waals surface area contributed by atoms with Crippen molar-refractivity contribution >= 4 is 11.9 Å². The van der Waals surface area contributed by atoms with Crippen molar-refractivity contribution in [1.29, 1.82) is 0 Å². The third-order valence-corrected chi connectivity index (χ3v) is 2.69. The molecule has 0 aliphatic heterocycles. The molecule has 86 valence electrons. The van der Waals surface area contributed by atoms with E-state index in [2.05, 4.69) is 5.32 Å². The molecule has 15 heavy (non-hydrogen) atoms. The van der Waals surface area contributed by atoms with Gasteiger partial charge >= 0.3 is 5.97 Å². The predicted molar refractivity (Wildman–Crippen MR) is 56.4 cm³/mol. The zero-order chi connectivity index (χ0) is 11.3. The number of hydrogen-bond acceptors (Lipinski definition) is 2. The summed E-state index contributed by atoms with van der Waals surface area (Å²) in [7, 11) is 0. The summed E-state index contributed by atoms with van der Waals surface area (Å²) in [5.41, 5.74) is 0. The topological polar surface area (TPSA) is 66.4 Å². The SMILES string of the molecule is CCCCC(=O)NC(CC(=O)O)C1CC1. The lowest BCUT2D eigenvalue weighted by Crippen LogP contribution is -2.37. The van der Waals surface area contributed by atoms with Crippen LogP contribution in [-0.2, 0) is 9.59 Å². The number of carboxylic acid groups (broad SMARTS) is 1. The summed E-state index contributed by atoms with van der Waals surface area (Å²) in [5, 5.41) is 11.5. The van der Waals surface area contributed by atoms with Crippen molar-refractivity contribution in [2.75, 3.05) is 0 Å². The van der Waals surface area contributed by atoms with Gasteiger partial charge in [0.05, 0.1) is 6.42 Å². The van der Waals surface area contributed by atoms with Gasteiger partial charge in [0.2, 0.25) is 5.91 Å². The Morgan fingerprint density at radius 2 is 2.13 bits per heavy atom. The number of carbonyl (C=O) groups is 2. The summed E-state index contributed by atoms with van der Waals surface area (Å²) in [6.45, 7) is 2.03. The Labute approximate surface area is 90.0 Å². The number of carbonyl (C=O) groups excluding carboxylic acids is 1. The zero-order valence-electron chi connectivity index (χ0n) is 9.16. The maximum absolute atomic E-state index is 11.4. The van der Waals surface area contributed by atoms with Gasteiger partial charge in [-0.05, 0) is 25.2 Å². The molecule has 1 saturated carbocycles. The molecule has 1 unspecified atom stereocenters. The molecule has 0 heterocycles. The molecule has 0 aromatic rings. The molecular formula is C11H19NO3. The van der Waals surface area contributed by atoms with Gasteiger partial charge in [-0.15, -0.1) is 0 Å². The number of nitrogens with one attached hydrogen (secondary N) is 1. The van der Waals surface area contributed by atoms with E-state index in [-0.39, 0.29) is 18.4 Å². The van der Waals surface area contributed by atoms with Crippen LogP contribution >= 0.6 is 0 Å². The number of unbranched alkanes of at least 4 members (excludes halogenated alkanes) is 1. The average molecular weight is 213 g/mol. The van der Waals surface area contributed by atoms with E-state index in [4.69, 9.17) is 5.11 Å². The van der Waals surface area contributed by atoms with Crippen molar-refractivity contribution in [3.63, 3.8) is 0 Å². The van der Waals surface area contributed by atoms with E-state index in [1.54, 1.807) is 0 Å². The molecule has 4 heteroatoms. The summed E-state index contributed by atoms with van der Waals surface area (Å²) < 4.78 is 0. The van der Waals surface area contributed by atoms with E-state index >= 15 is 0 Å². The lowest BCUT2D eigenvalue weighted by molar-refractivity contribution is -0.137. The highest BCUT2D eigenvalue weighted by molar-refractivity contribution is 5.77. The van der Waals surface area contributed by atoms with Crippen LogP contribution in [0.25, 0.3) is 0 Å². The molecule has 1 fully saturated rings. The molecular weight excluding hydrogens is 194 g/mol. The van der Waals surface area contributed by atoms with Gasteiger partial charge in [0, 0.05) is 12.5 Å². The predicted octanol–water partition coefficient (Wildman–Crippen LogP) is 1.55. The van der Waals surface area contributed by atoms with E-state index in [0.717, 1.165) is 25.7 Å². The molecule has 2 N–H and O–H groups in total. The van der Waals surface area contributed by atoms with Gasteiger partial charge in [-0.1, -0.05) is 13.3 Å². The molecule has 1 aliphatic rings. The maximum atomic E-state index is 11.4. The van der Waals surface area contributed by atoms with Crippen LogP contribution < -0.4 is 5.32 Å². The first kappa shape index (κ1) is 12.0. The summed E-state index contributed by atoms with van der Waals surface area (Å²) in [6, 6.07) is -0.146. The number of amides is 1. The number of aliphatic carboxylic acids is 1. The van der Waals surface area contributed by atoms with Crippen molar-refractivity contribution in [2.24, 2.45) is 5.92 Å². The molecule has 1 atom stereocenters. The molecule has 0 aromatic heterocycles. The first-order chi connectivity index (χ1) is 7.13. The minimum Gasteiger partial charge on any atom is -0.481 e. The minimum absolute atomic E-state index is 0.00463. The standard InChI is InChI=1S/C11H19NO3/c1-2-3-4-10(13)12-9(7-11(14)15)8-5-6-8/h8-9H,2-7H2,1H3,(H,12,13)(H,14,15). The second-order valence-corrected chi connectivity index (χ2v) is 4.21. The Kier molecular flexibility index (Phi) is 4.59. The minimum atomic E-state index is -0.831. The van der Waals surface area contributed by atoms with Crippen molar-refractivity contribution in [3.05, 3.63) is 0 Å². The van der Waals surface area contributed by atoms with Gasteiger partial charge in [0.25, 0.3) is 0 Å². The smallest absolute Gasteiger partial charge is 0.305 e. The molecule has 4 nitrogen and oxygen atoms in total. The van der Waals surface area contributed by atoms with Crippen molar-refractivity contribution in [2.45, 2.75) is 51.5 Å². The van der Waals surface area contributed by atoms with E-state index < -0.39 is 5.97 Å². The quantitative estimate of drug-likeness (QED) is 0.674. The lowest BCUT2D eigenvalue weighted by atomic mass is 10.1. The molecule has 1 aliphatic carbocycles. The van der Waals surface area contributed by atoms with Crippen molar-refractivity contribution in [1.82, 2.24) is 5.32 Å². The Morgan fingerprint density at radius 3 is 2.60 bits per heavy atom. The highest BCUT2D eigenvalue weighted by Crippen LogP contribution is 2.34. The van der Waals surface area contributed by atoms with Gasteiger partial charge in [-0.3, -0.25) is 9.59 Å². The van der Waals surface area contributed by atoms with E-state index in [0.29, 0.717) is 12.3 Å². The summed E-state index contributed by atoms with van der Waals surface area (Å²) in [4.78, 5) is 22.0. The lowest BCUT2D eigenvalue weighted by Gasteiger charge is -2.15. The van der Waals surface area contributed by atoms with E-state index in [1.165, 1.54) is 0 Å². The third kappa shape index (κ3) is 4.81. The van der Waals surface area contributed by atoms with Gasteiger partial charge in [0.15, 0.2) is 0 Å². The normalized spacial score (nSPS) is 17.1. The maximum Gasteiger partial charge on any atom is 0.305 e. The second kappa shape index (κ2) is 5.73. The molecule has 1 rings (SSSR count). The first-order valence-corrected chi connectivity index (χ1v) is 5.64. The van der Waals surface area contributed by atoms with Crippen molar-refractivity contribution in [3.8, 4) is 0 Å². The fourth-order valence-electron chi connectivity index (χ4n) is 1.64. The third-order valence-electron chi connectivity index (χ3n) is 2.69. The largest absolute Gasteiger partial charge is 0.481 e. The average Bonchev–Trinajstić information content (AvgIpc) is 2.96. The van der Waals surface area contributed by atoms with E-state index in [9.17, 15) is 9.59 Å². The molecule has 0 bridgehead atoms. The van der Waals surface area contributed by atoms with Crippen molar-refractivity contribution < 1.29 is 14.7 Å². The van der Waals surface area contributed by atoms with Crippen LogP contribution in [0, 0.1) is 5.92 Å².